The topological polar surface area (TPSA) is 32.3 Å². The van der Waals surface area contributed by atoms with Crippen LogP contribution in [0.4, 0.5) is 5.82 Å². The Labute approximate surface area is 117 Å². The standard InChI is InChI=1S/C13H19BrN4/c14-12-9-16-13(10-15-12)18-7-5-17(6-8-18)11-3-1-2-4-11/h9-11H,1-8H2. The van der Waals surface area contributed by atoms with Crippen LogP contribution in [0.1, 0.15) is 25.7 Å². The number of rotatable bonds is 2. The summed E-state index contributed by atoms with van der Waals surface area (Å²) in [5, 5.41) is 0. The first-order chi connectivity index (χ1) is 8.83. The van der Waals surface area contributed by atoms with Crippen LogP contribution < -0.4 is 4.90 Å². The molecule has 3 rings (SSSR count). The van der Waals surface area contributed by atoms with Gasteiger partial charge in [0.15, 0.2) is 0 Å². The van der Waals surface area contributed by atoms with E-state index in [4.69, 9.17) is 0 Å². The van der Waals surface area contributed by atoms with E-state index in [0.717, 1.165) is 29.6 Å². The van der Waals surface area contributed by atoms with Crippen molar-refractivity contribution in [3.05, 3.63) is 17.0 Å². The largest absolute Gasteiger partial charge is 0.353 e. The molecule has 2 aliphatic rings. The summed E-state index contributed by atoms with van der Waals surface area (Å²) < 4.78 is 0.802. The Morgan fingerprint density at radius 3 is 2.33 bits per heavy atom. The lowest BCUT2D eigenvalue weighted by Crippen LogP contribution is -2.50. The molecule has 0 spiro atoms. The summed E-state index contributed by atoms with van der Waals surface area (Å²) in [4.78, 5) is 13.7. The highest BCUT2D eigenvalue weighted by atomic mass is 79.9. The fraction of sp³-hybridized carbons (Fsp3) is 0.692. The lowest BCUT2D eigenvalue weighted by molar-refractivity contribution is 0.187. The van der Waals surface area contributed by atoms with Crippen molar-refractivity contribution < 1.29 is 0 Å². The first-order valence-electron chi connectivity index (χ1n) is 6.79. The van der Waals surface area contributed by atoms with Gasteiger partial charge in [0.1, 0.15) is 10.4 Å². The Bertz CT molecular complexity index is 380. The van der Waals surface area contributed by atoms with E-state index in [1.165, 1.54) is 38.8 Å². The zero-order valence-corrected chi connectivity index (χ0v) is 12.1. The van der Waals surface area contributed by atoms with Gasteiger partial charge in [-0.25, -0.2) is 9.97 Å². The van der Waals surface area contributed by atoms with Gasteiger partial charge >= 0.3 is 0 Å². The molecule has 4 nitrogen and oxygen atoms in total. The number of nitrogens with zero attached hydrogens (tertiary/aromatic N) is 4. The monoisotopic (exact) mass is 310 g/mol. The highest BCUT2D eigenvalue weighted by Crippen LogP contribution is 2.25. The third-order valence-corrected chi connectivity index (χ3v) is 4.50. The van der Waals surface area contributed by atoms with Gasteiger partial charge in [0.25, 0.3) is 0 Å². The third kappa shape index (κ3) is 2.67. The van der Waals surface area contributed by atoms with E-state index >= 15 is 0 Å². The van der Waals surface area contributed by atoms with Crippen molar-refractivity contribution in [2.24, 2.45) is 0 Å². The molecule has 0 aromatic carbocycles. The number of halogens is 1. The lowest BCUT2D eigenvalue weighted by atomic mass is 10.2. The van der Waals surface area contributed by atoms with Gasteiger partial charge in [-0.05, 0) is 28.8 Å². The molecule has 1 aromatic rings. The maximum absolute atomic E-state index is 4.42. The fourth-order valence-corrected chi connectivity index (χ4v) is 3.26. The van der Waals surface area contributed by atoms with E-state index in [1.807, 2.05) is 6.20 Å². The van der Waals surface area contributed by atoms with E-state index in [2.05, 4.69) is 35.7 Å². The quantitative estimate of drug-likeness (QED) is 0.839. The average Bonchev–Trinajstić information content (AvgIpc) is 2.94. The van der Waals surface area contributed by atoms with E-state index in [9.17, 15) is 0 Å². The minimum Gasteiger partial charge on any atom is -0.353 e. The molecule has 0 bridgehead atoms. The molecule has 2 heterocycles. The smallest absolute Gasteiger partial charge is 0.147 e. The fourth-order valence-electron chi connectivity index (χ4n) is 3.05. The van der Waals surface area contributed by atoms with Gasteiger partial charge in [0, 0.05) is 32.2 Å². The summed E-state index contributed by atoms with van der Waals surface area (Å²) in [6.45, 7) is 4.49. The summed E-state index contributed by atoms with van der Waals surface area (Å²) in [5.41, 5.74) is 0. The Hall–Kier alpha value is -0.680. The van der Waals surface area contributed by atoms with E-state index < -0.39 is 0 Å². The zero-order chi connectivity index (χ0) is 12.4. The molecule has 2 fully saturated rings. The molecular weight excluding hydrogens is 292 g/mol. The van der Waals surface area contributed by atoms with Crippen LogP contribution in [0.25, 0.3) is 0 Å². The van der Waals surface area contributed by atoms with Gasteiger partial charge in [-0.2, -0.15) is 0 Å². The predicted molar refractivity (Wildman–Crippen MR) is 75.8 cm³/mol. The van der Waals surface area contributed by atoms with Gasteiger partial charge in [-0.3, -0.25) is 4.90 Å². The van der Waals surface area contributed by atoms with Crippen LogP contribution in [0.3, 0.4) is 0 Å². The molecule has 0 atom stereocenters. The molecule has 1 saturated heterocycles. The maximum Gasteiger partial charge on any atom is 0.147 e. The molecular formula is C13H19BrN4. The van der Waals surface area contributed by atoms with Crippen LogP contribution in [0, 0.1) is 0 Å². The SMILES string of the molecule is Brc1cnc(N2CCN(C3CCCC3)CC2)cn1. The molecule has 1 aromatic heterocycles. The number of anilines is 1. The lowest BCUT2D eigenvalue weighted by Gasteiger charge is -2.38. The molecule has 0 unspecified atom stereocenters. The highest BCUT2D eigenvalue weighted by Gasteiger charge is 2.26. The molecule has 18 heavy (non-hydrogen) atoms. The Morgan fingerprint density at radius 1 is 1.00 bits per heavy atom. The second-order valence-electron chi connectivity index (χ2n) is 5.16. The summed E-state index contributed by atoms with van der Waals surface area (Å²) >= 11 is 3.32. The number of hydrogen-bond donors (Lipinski definition) is 0. The van der Waals surface area contributed by atoms with Crippen molar-refractivity contribution in [2.45, 2.75) is 31.7 Å². The van der Waals surface area contributed by atoms with E-state index in [-0.39, 0.29) is 0 Å². The highest BCUT2D eigenvalue weighted by molar-refractivity contribution is 9.10. The molecule has 0 amide bonds. The first-order valence-corrected chi connectivity index (χ1v) is 7.59. The number of hydrogen-bond acceptors (Lipinski definition) is 4. The van der Waals surface area contributed by atoms with Crippen molar-refractivity contribution in [1.29, 1.82) is 0 Å². The van der Waals surface area contributed by atoms with Gasteiger partial charge in [0.2, 0.25) is 0 Å². The van der Waals surface area contributed by atoms with Crippen molar-refractivity contribution in [1.82, 2.24) is 14.9 Å². The van der Waals surface area contributed by atoms with Crippen LogP contribution in [0.15, 0.2) is 17.0 Å². The van der Waals surface area contributed by atoms with E-state index in [1.54, 1.807) is 6.20 Å². The van der Waals surface area contributed by atoms with Crippen molar-refractivity contribution in [3.8, 4) is 0 Å². The predicted octanol–water partition coefficient (Wildman–Crippen LogP) is 2.30. The number of piperazine rings is 1. The molecule has 0 radical (unpaired) electrons. The second-order valence-corrected chi connectivity index (χ2v) is 5.97. The van der Waals surface area contributed by atoms with Gasteiger partial charge in [-0.1, -0.05) is 12.8 Å². The zero-order valence-electron chi connectivity index (χ0n) is 10.6. The van der Waals surface area contributed by atoms with Crippen LogP contribution in [-0.2, 0) is 0 Å². The van der Waals surface area contributed by atoms with Gasteiger partial charge in [0.05, 0.1) is 12.4 Å². The van der Waals surface area contributed by atoms with Crippen LogP contribution in [0.2, 0.25) is 0 Å². The maximum atomic E-state index is 4.42. The Balaban J connectivity index is 1.57. The summed E-state index contributed by atoms with van der Waals surface area (Å²) in [7, 11) is 0. The Kier molecular flexibility index (Phi) is 3.80. The van der Waals surface area contributed by atoms with Crippen molar-refractivity contribution in [3.63, 3.8) is 0 Å². The van der Waals surface area contributed by atoms with Crippen LogP contribution >= 0.6 is 15.9 Å². The third-order valence-electron chi connectivity index (χ3n) is 4.09. The average molecular weight is 311 g/mol. The summed E-state index contributed by atoms with van der Waals surface area (Å²) in [6.07, 6.45) is 9.27. The number of aromatic nitrogens is 2. The molecule has 98 valence electrons. The molecule has 5 heteroatoms. The minimum absolute atomic E-state index is 0.802. The van der Waals surface area contributed by atoms with Crippen LogP contribution in [0.5, 0.6) is 0 Å². The summed E-state index contributed by atoms with van der Waals surface area (Å²) in [5.74, 6) is 1.00. The normalized spacial score (nSPS) is 22.6. The molecule has 1 saturated carbocycles. The second kappa shape index (κ2) is 5.53. The minimum atomic E-state index is 0.802. The van der Waals surface area contributed by atoms with E-state index in [0.29, 0.717) is 0 Å². The van der Waals surface area contributed by atoms with Gasteiger partial charge in [-0.15, -0.1) is 0 Å². The first kappa shape index (κ1) is 12.4. The van der Waals surface area contributed by atoms with Gasteiger partial charge < -0.3 is 4.90 Å². The summed E-state index contributed by atoms with van der Waals surface area (Å²) in [6, 6.07) is 0.850. The Morgan fingerprint density at radius 2 is 1.72 bits per heavy atom. The molecule has 1 aliphatic heterocycles. The van der Waals surface area contributed by atoms with Crippen molar-refractivity contribution in [2.75, 3.05) is 31.1 Å². The molecule has 1 aliphatic carbocycles. The van der Waals surface area contributed by atoms with Crippen LogP contribution in [-0.4, -0.2) is 47.1 Å². The van der Waals surface area contributed by atoms with Crippen molar-refractivity contribution >= 4 is 21.7 Å². The molecule has 0 N–H and O–H groups in total.